The van der Waals surface area contributed by atoms with Crippen LogP contribution in [0.15, 0.2) is 12.2 Å². The normalized spacial score (nSPS) is 14.0. The molecule has 1 aliphatic rings. The summed E-state index contributed by atoms with van der Waals surface area (Å²) >= 11 is 0. The van der Waals surface area contributed by atoms with Gasteiger partial charge in [0, 0.05) is 31.8 Å². The van der Waals surface area contributed by atoms with E-state index in [0.29, 0.717) is 19.6 Å². The Bertz CT molecular complexity index is 486. The van der Waals surface area contributed by atoms with E-state index in [2.05, 4.69) is 0 Å². The maximum atomic E-state index is 11.2. The van der Waals surface area contributed by atoms with Gasteiger partial charge in [-0.3, -0.25) is 19.3 Å². The highest BCUT2D eigenvalue weighted by molar-refractivity contribution is 6.12. The molecule has 0 radical (unpaired) electrons. The summed E-state index contributed by atoms with van der Waals surface area (Å²) in [6, 6.07) is 0. The Morgan fingerprint density at radius 2 is 1.57 bits per heavy atom. The quantitative estimate of drug-likeness (QED) is 0.651. The zero-order chi connectivity index (χ0) is 18.2. The van der Waals surface area contributed by atoms with Gasteiger partial charge in [0.1, 0.15) is 0 Å². The number of carboxylic acids is 2. The Labute approximate surface area is 128 Å². The van der Waals surface area contributed by atoms with Gasteiger partial charge in [0.05, 0.1) is 6.42 Å². The van der Waals surface area contributed by atoms with Crippen LogP contribution in [0.4, 0.5) is 13.2 Å². The Hall–Kier alpha value is -2.43. The number of alkyl halides is 3. The third kappa shape index (κ3) is 8.56. The fourth-order valence-corrected chi connectivity index (χ4v) is 1.32. The molecule has 0 spiro atoms. The molecule has 0 saturated heterocycles. The molecule has 1 aliphatic heterocycles. The lowest BCUT2D eigenvalue weighted by molar-refractivity contribution is -0.192. The molecule has 0 unspecified atom stereocenters. The van der Waals surface area contributed by atoms with Gasteiger partial charge in [-0.25, -0.2) is 4.79 Å². The van der Waals surface area contributed by atoms with E-state index in [9.17, 15) is 27.6 Å². The fraction of sp³-hybridized carbons (Fsp3) is 0.500. The van der Waals surface area contributed by atoms with Crippen LogP contribution in [0.3, 0.4) is 0 Å². The van der Waals surface area contributed by atoms with Crippen molar-refractivity contribution in [1.29, 1.82) is 0 Å². The summed E-state index contributed by atoms with van der Waals surface area (Å²) in [6.07, 6.45) is -2.56. The molecular formula is C12H15F3N2O6. The first-order valence-corrected chi connectivity index (χ1v) is 6.19. The van der Waals surface area contributed by atoms with Gasteiger partial charge >= 0.3 is 18.1 Å². The second-order valence-electron chi connectivity index (χ2n) is 4.41. The van der Waals surface area contributed by atoms with E-state index in [-0.39, 0.29) is 18.2 Å². The van der Waals surface area contributed by atoms with Crippen molar-refractivity contribution in [3.05, 3.63) is 12.2 Å². The molecule has 8 nitrogen and oxygen atoms in total. The van der Waals surface area contributed by atoms with E-state index in [4.69, 9.17) is 15.0 Å². The number of imide groups is 1. The van der Waals surface area contributed by atoms with Crippen molar-refractivity contribution in [3.63, 3.8) is 0 Å². The molecule has 2 amide bonds. The van der Waals surface area contributed by atoms with Crippen LogP contribution in [0.5, 0.6) is 0 Å². The van der Waals surface area contributed by atoms with Crippen molar-refractivity contribution in [2.45, 2.75) is 12.6 Å². The molecule has 130 valence electrons. The van der Waals surface area contributed by atoms with Gasteiger partial charge in [0.15, 0.2) is 0 Å². The first kappa shape index (κ1) is 20.6. The molecule has 0 aromatic heterocycles. The smallest absolute Gasteiger partial charge is 0.481 e. The van der Waals surface area contributed by atoms with Crippen LogP contribution in [0.1, 0.15) is 6.42 Å². The highest BCUT2D eigenvalue weighted by atomic mass is 19.4. The van der Waals surface area contributed by atoms with Crippen LogP contribution in [0, 0.1) is 0 Å². The van der Waals surface area contributed by atoms with Crippen LogP contribution < -0.4 is 0 Å². The average Bonchev–Trinajstić information content (AvgIpc) is 2.73. The molecule has 23 heavy (non-hydrogen) atoms. The predicted octanol–water partition coefficient (Wildman–Crippen LogP) is -0.0488. The molecule has 2 N–H and O–H groups in total. The van der Waals surface area contributed by atoms with Gasteiger partial charge in [-0.05, 0) is 7.05 Å². The van der Waals surface area contributed by atoms with E-state index in [1.807, 2.05) is 0 Å². The predicted molar refractivity (Wildman–Crippen MR) is 69.3 cm³/mol. The number of amides is 2. The summed E-state index contributed by atoms with van der Waals surface area (Å²) < 4.78 is 31.7. The lowest BCUT2D eigenvalue weighted by atomic mass is 10.4. The standard InChI is InChI=1S/C10H14N2O4.C2HF3O2/c1-11(5-4-10(15)16)6-7-12-8(13)2-3-9(12)14;3-2(4,5)1(6)7/h2-3H,4-7H2,1H3,(H,15,16);(H,6,7). The first-order valence-electron chi connectivity index (χ1n) is 6.19. The number of likely N-dealkylation sites (N-methyl/N-ethyl adjacent to an activating group) is 1. The minimum atomic E-state index is -5.08. The van der Waals surface area contributed by atoms with Crippen molar-refractivity contribution < 1.29 is 42.6 Å². The van der Waals surface area contributed by atoms with Crippen LogP contribution in [-0.2, 0) is 19.2 Å². The molecule has 0 aromatic carbocycles. The number of hydrogen-bond acceptors (Lipinski definition) is 5. The van der Waals surface area contributed by atoms with Crippen LogP contribution in [0.2, 0.25) is 0 Å². The highest BCUT2D eigenvalue weighted by Crippen LogP contribution is 2.13. The van der Waals surface area contributed by atoms with Crippen molar-refractivity contribution in [3.8, 4) is 0 Å². The molecule has 0 aromatic rings. The number of aliphatic carboxylic acids is 2. The third-order valence-corrected chi connectivity index (χ3v) is 2.56. The highest BCUT2D eigenvalue weighted by Gasteiger charge is 2.38. The van der Waals surface area contributed by atoms with Crippen molar-refractivity contribution >= 4 is 23.8 Å². The SMILES string of the molecule is CN(CCC(=O)O)CCN1C(=O)C=CC1=O.O=C(O)C(F)(F)F. The molecule has 11 heteroatoms. The van der Waals surface area contributed by atoms with Crippen LogP contribution in [0.25, 0.3) is 0 Å². The van der Waals surface area contributed by atoms with E-state index in [1.54, 1.807) is 11.9 Å². The molecule has 0 atom stereocenters. The minimum Gasteiger partial charge on any atom is -0.481 e. The van der Waals surface area contributed by atoms with Crippen LogP contribution in [-0.4, -0.2) is 76.6 Å². The number of hydrogen-bond donors (Lipinski definition) is 2. The molecular weight excluding hydrogens is 325 g/mol. The zero-order valence-electron chi connectivity index (χ0n) is 12.0. The van der Waals surface area contributed by atoms with Crippen molar-refractivity contribution in [2.75, 3.05) is 26.7 Å². The maximum Gasteiger partial charge on any atom is 0.490 e. The largest absolute Gasteiger partial charge is 0.490 e. The third-order valence-electron chi connectivity index (χ3n) is 2.56. The zero-order valence-corrected chi connectivity index (χ0v) is 12.0. The number of rotatable bonds is 6. The van der Waals surface area contributed by atoms with Gasteiger partial charge in [-0.2, -0.15) is 13.2 Å². The number of halogens is 3. The fourth-order valence-electron chi connectivity index (χ4n) is 1.32. The first-order chi connectivity index (χ1) is 10.4. The van der Waals surface area contributed by atoms with Gasteiger partial charge < -0.3 is 15.1 Å². The molecule has 1 rings (SSSR count). The van der Waals surface area contributed by atoms with Crippen molar-refractivity contribution in [1.82, 2.24) is 9.80 Å². The van der Waals surface area contributed by atoms with Gasteiger partial charge in [0.25, 0.3) is 11.8 Å². The average molecular weight is 340 g/mol. The maximum absolute atomic E-state index is 11.2. The van der Waals surface area contributed by atoms with E-state index < -0.39 is 18.1 Å². The Morgan fingerprint density at radius 1 is 1.13 bits per heavy atom. The van der Waals surface area contributed by atoms with Gasteiger partial charge in [-0.1, -0.05) is 0 Å². The van der Waals surface area contributed by atoms with E-state index in [0.717, 1.165) is 4.90 Å². The summed E-state index contributed by atoms with van der Waals surface area (Å²) in [7, 11) is 1.75. The summed E-state index contributed by atoms with van der Waals surface area (Å²) in [6.45, 7) is 1.17. The summed E-state index contributed by atoms with van der Waals surface area (Å²) in [5, 5.41) is 15.6. The Balaban J connectivity index is 0.000000585. The number of carbonyl (C=O) groups excluding carboxylic acids is 2. The molecule has 0 fully saturated rings. The second-order valence-corrected chi connectivity index (χ2v) is 4.41. The molecule has 0 bridgehead atoms. The van der Waals surface area contributed by atoms with E-state index >= 15 is 0 Å². The monoisotopic (exact) mass is 340 g/mol. The Morgan fingerprint density at radius 3 is 1.91 bits per heavy atom. The van der Waals surface area contributed by atoms with Gasteiger partial charge in [-0.15, -0.1) is 0 Å². The summed E-state index contributed by atoms with van der Waals surface area (Å²) in [5.74, 6) is -4.23. The summed E-state index contributed by atoms with van der Waals surface area (Å²) in [5.41, 5.74) is 0. The number of carboxylic acid groups (broad SMARTS) is 2. The van der Waals surface area contributed by atoms with E-state index in [1.165, 1.54) is 12.2 Å². The molecule has 1 heterocycles. The number of carbonyl (C=O) groups is 4. The minimum absolute atomic E-state index is 0.0522. The Kier molecular flexibility index (Phi) is 7.94. The lowest BCUT2D eigenvalue weighted by Crippen LogP contribution is -2.37. The topological polar surface area (TPSA) is 115 Å². The lowest BCUT2D eigenvalue weighted by Gasteiger charge is -2.19. The number of nitrogens with zero attached hydrogens (tertiary/aromatic N) is 2. The van der Waals surface area contributed by atoms with Crippen molar-refractivity contribution in [2.24, 2.45) is 0 Å². The summed E-state index contributed by atoms with van der Waals surface area (Å²) in [4.78, 5) is 44.5. The van der Waals surface area contributed by atoms with Gasteiger partial charge in [0.2, 0.25) is 0 Å². The molecule has 0 aliphatic carbocycles. The second kappa shape index (κ2) is 8.88. The molecule has 0 saturated carbocycles. The van der Waals surface area contributed by atoms with Crippen LogP contribution >= 0.6 is 0 Å².